The lowest BCUT2D eigenvalue weighted by Gasteiger charge is -2.37. The van der Waals surface area contributed by atoms with Gasteiger partial charge in [-0.15, -0.1) is 0 Å². The van der Waals surface area contributed by atoms with E-state index in [1.54, 1.807) is 6.92 Å². The fourth-order valence-corrected chi connectivity index (χ4v) is 2.45. The predicted octanol–water partition coefficient (Wildman–Crippen LogP) is 1.33. The normalized spacial score (nSPS) is 28.0. The molecule has 1 saturated carbocycles. The van der Waals surface area contributed by atoms with Crippen LogP contribution in [-0.2, 0) is 4.79 Å². The van der Waals surface area contributed by atoms with Crippen LogP contribution in [0.5, 0.6) is 0 Å². The molecule has 0 aliphatic heterocycles. The molecule has 0 aromatic rings. The van der Waals surface area contributed by atoms with Crippen molar-refractivity contribution in [2.24, 2.45) is 5.92 Å². The number of hydrogen-bond donors (Lipinski definition) is 2. The van der Waals surface area contributed by atoms with E-state index in [9.17, 15) is 9.90 Å². The van der Waals surface area contributed by atoms with Crippen molar-refractivity contribution in [2.45, 2.75) is 51.7 Å². The molecular formula is C12H23NO3. The van der Waals surface area contributed by atoms with Gasteiger partial charge in [0.2, 0.25) is 0 Å². The molecule has 0 amide bonds. The second kappa shape index (κ2) is 6.21. The largest absolute Gasteiger partial charge is 0.481 e. The average molecular weight is 229 g/mol. The molecule has 4 nitrogen and oxygen atoms in total. The van der Waals surface area contributed by atoms with Crippen molar-refractivity contribution in [3.63, 3.8) is 0 Å². The zero-order valence-corrected chi connectivity index (χ0v) is 10.2. The van der Waals surface area contributed by atoms with Crippen LogP contribution < -0.4 is 0 Å². The van der Waals surface area contributed by atoms with E-state index < -0.39 is 5.97 Å². The van der Waals surface area contributed by atoms with E-state index >= 15 is 0 Å². The van der Waals surface area contributed by atoms with Gasteiger partial charge < -0.3 is 10.2 Å². The number of hydrogen-bond acceptors (Lipinski definition) is 3. The molecule has 0 bridgehead atoms. The summed E-state index contributed by atoms with van der Waals surface area (Å²) >= 11 is 0. The van der Waals surface area contributed by atoms with Gasteiger partial charge in [-0.3, -0.25) is 9.69 Å². The Bertz CT molecular complexity index is 232. The third kappa shape index (κ3) is 3.46. The number of carboxylic acid groups (broad SMARTS) is 1. The molecular weight excluding hydrogens is 206 g/mol. The molecule has 94 valence electrons. The van der Waals surface area contributed by atoms with Crippen LogP contribution >= 0.6 is 0 Å². The molecule has 0 saturated heterocycles. The molecule has 0 aromatic heterocycles. The summed E-state index contributed by atoms with van der Waals surface area (Å²) in [5.74, 6) is -1.13. The fourth-order valence-electron chi connectivity index (χ4n) is 2.45. The second-order valence-corrected chi connectivity index (χ2v) is 4.75. The molecule has 0 heterocycles. The predicted molar refractivity (Wildman–Crippen MR) is 62.3 cm³/mol. The second-order valence-electron chi connectivity index (χ2n) is 4.75. The summed E-state index contributed by atoms with van der Waals surface area (Å²) in [6, 6.07) is 0.153. The van der Waals surface area contributed by atoms with Gasteiger partial charge in [-0.1, -0.05) is 26.7 Å². The summed E-state index contributed by atoms with van der Waals surface area (Å²) < 4.78 is 0. The zero-order chi connectivity index (χ0) is 12.1. The first-order valence-electron chi connectivity index (χ1n) is 6.21. The minimum atomic E-state index is -0.760. The third-order valence-corrected chi connectivity index (χ3v) is 3.50. The Balaban J connectivity index is 2.55. The Labute approximate surface area is 97.3 Å². The van der Waals surface area contributed by atoms with Gasteiger partial charge >= 0.3 is 5.97 Å². The van der Waals surface area contributed by atoms with Gasteiger partial charge in [0, 0.05) is 12.6 Å². The van der Waals surface area contributed by atoms with E-state index in [0.29, 0.717) is 6.54 Å². The third-order valence-electron chi connectivity index (χ3n) is 3.50. The van der Waals surface area contributed by atoms with Gasteiger partial charge in [0.15, 0.2) is 0 Å². The van der Waals surface area contributed by atoms with Crippen molar-refractivity contribution in [1.82, 2.24) is 4.90 Å². The topological polar surface area (TPSA) is 60.8 Å². The quantitative estimate of drug-likeness (QED) is 0.746. The molecule has 4 heteroatoms. The summed E-state index contributed by atoms with van der Waals surface area (Å²) in [7, 11) is 0. The summed E-state index contributed by atoms with van der Waals surface area (Å²) in [5.41, 5.74) is 0. The van der Waals surface area contributed by atoms with Crippen LogP contribution in [-0.4, -0.2) is 46.3 Å². The lowest BCUT2D eigenvalue weighted by Crippen LogP contribution is -2.47. The maximum Gasteiger partial charge on any atom is 0.307 e. The minimum Gasteiger partial charge on any atom is -0.481 e. The Kier molecular flexibility index (Phi) is 5.22. The molecule has 1 aliphatic rings. The number of aliphatic carboxylic acids is 1. The highest BCUT2D eigenvalue weighted by atomic mass is 16.4. The molecule has 1 fully saturated rings. The maximum absolute atomic E-state index is 10.8. The highest BCUT2D eigenvalue weighted by Crippen LogP contribution is 2.23. The highest BCUT2D eigenvalue weighted by molar-refractivity contribution is 5.69. The monoisotopic (exact) mass is 229 g/mol. The zero-order valence-electron chi connectivity index (χ0n) is 10.2. The number of aliphatic hydroxyl groups is 1. The lowest BCUT2D eigenvalue weighted by atomic mass is 9.91. The Morgan fingerprint density at radius 1 is 1.44 bits per heavy atom. The number of likely N-dealkylation sites (N-methyl/N-ethyl adjacent to an activating group) is 1. The van der Waals surface area contributed by atoms with Crippen LogP contribution in [0.4, 0.5) is 0 Å². The first-order valence-corrected chi connectivity index (χ1v) is 6.21. The first kappa shape index (κ1) is 13.5. The smallest absolute Gasteiger partial charge is 0.307 e. The van der Waals surface area contributed by atoms with E-state index in [4.69, 9.17) is 5.11 Å². The standard InChI is InChI=1S/C12H23NO3/c1-3-13(8-9(2)12(15)16)10-6-4-5-7-11(10)14/h9-11,14H,3-8H2,1-2H3,(H,15,16). The lowest BCUT2D eigenvalue weighted by molar-refractivity contribution is -0.142. The summed E-state index contributed by atoms with van der Waals surface area (Å²) in [6.07, 6.45) is 3.78. The number of carbonyl (C=O) groups is 1. The van der Waals surface area contributed by atoms with E-state index in [1.807, 2.05) is 6.92 Å². The highest BCUT2D eigenvalue weighted by Gasteiger charge is 2.29. The average Bonchev–Trinajstić information content (AvgIpc) is 2.26. The molecule has 0 aromatic carbocycles. The molecule has 1 aliphatic carbocycles. The van der Waals surface area contributed by atoms with E-state index in [2.05, 4.69) is 4.90 Å². The van der Waals surface area contributed by atoms with Crippen molar-refractivity contribution in [3.05, 3.63) is 0 Å². The Morgan fingerprint density at radius 2 is 2.06 bits per heavy atom. The van der Waals surface area contributed by atoms with E-state index in [1.165, 1.54) is 0 Å². The van der Waals surface area contributed by atoms with Gasteiger partial charge in [-0.05, 0) is 19.4 Å². The van der Waals surface area contributed by atoms with Crippen LogP contribution in [0.15, 0.2) is 0 Å². The fraction of sp³-hybridized carbons (Fsp3) is 0.917. The van der Waals surface area contributed by atoms with Crippen molar-refractivity contribution in [1.29, 1.82) is 0 Å². The number of rotatable bonds is 5. The van der Waals surface area contributed by atoms with Crippen molar-refractivity contribution in [2.75, 3.05) is 13.1 Å². The molecule has 3 unspecified atom stereocenters. The summed E-state index contributed by atoms with van der Waals surface area (Å²) in [5, 5.41) is 18.8. The molecule has 3 atom stereocenters. The Hall–Kier alpha value is -0.610. The van der Waals surface area contributed by atoms with Gasteiger partial charge in [0.1, 0.15) is 0 Å². The minimum absolute atomic E-state index is 0.153. The van der Waals surface area contributed by atoms with Crippen LogP contribution in [0.25, 0.3) is 0 Å². The molecule has 0 spiro atoms. The number of carboxylic acids is 1. The molecule has 1 rings (SSSR count). The first-order chi connectivity index (χ1) is 7.56. The van der Waals surface area contributed by atoms with Crippen molar-refractivity contribution >= 4 is 5.97 Å². The van der Waals surface area contributed by atoms with Crippen LogP contribution in [0.1, 0.15) is 39.5 Å². The van der Waals surface area contributed by atoms with Crippen LogP contribution in [0.2, 0.25) is 0 Å². The van der Waals surface area contributed by atoms with Gasteiger partial charge in [-0.2, -0.15) is 0 Å². The van der Waals surface area contributed by atoms with E-state index in [-0.39, 0.29) is 18.1 Å². The summed E-state index contributed by atoms with van der Waals surface area (Å²) in [4.78, 5) is 12.9. The summed E-state index contributed by atoms with van der Waals surface area (Å²) in [6.45, 7) is 5.09. The van der Waals surface area contributed by atoms with Crippen molar-refractivity contribution in [3.8, 4) is 0 Å². The van der Waals surface area contributed by atoms with Crippen LogP contribution in [0.3, 0.4) is 0 Å². The number of aliphatic hydroxyl groups excluding tert-OH is 1. The maximum atomic E-state index is 10.8. The number of nitrogens with zero attached hydrogens (tertiary/aromatic N) is 1. The van der Waals surface area contributed by atoms with Crippen LogP contribution in [0, 0.1) is 5.92 Å². The molecule has 2 N–H and O–H groups in total. The molecule has 16 heavy (non-hydrogen) atoms. The van der Waals surface area contributed by atoms with Gasteiger partial charge in [-0.25, -0.2) is 0 Å². The Morgan fingerprint density at radius 3 is 2.56 bits per heavy atom. The van der Waals surface area contributed by atoms with Crippen molar-refractivity contribution < 1.29 is 15.0 Å². The SMILES string of the molecule is CCN(CC(C)C(=O)O)C1CCCCC1O. The molecule has 0 radical (unpaired) electrons. The van der Waals surface area contributed by atoms with E-state index in [0.717, 1.165) is 32.2 Å². The van der Waals surface area contributed by atoms with Gasteiger partial charge in [0.25, 0.3) is 0 Å². The van der Waals surface area contributed by atoms with Gasteiger partial charge in [0.05, 0.1) is 12.0 Å².